The Morgan fingerprint density at radius 2 is 2.14 bits per heavy atom. The fraction of sp³-hybridized carbons (Fsp3) is 0.545. The van der Waals surface area contributed by atoms with Crippen molar-refractivity contribution in [3.05, 3.63) is 11.8 Å². The van der Waals surface area contributed by atoms with E-state index in [1.54, 1.807) is 12.3 Å². The second-order valence-corrected chi connectivity index (χ2v) is 6.16. The number of nitrogens with zero attached hydrogens (tertiary/aromatic N) is 1. The van der Waals surface area contributed by atoms with Crippen LogP contribution < -0.4 is 0 Å². The van der Waals surface area contributed by atoms with Crippen LogP contribution in [0.1, 0.15) is 19.3 Å². The number of carboxylic acids is 2. The number of rotatable bonds is 9. The zero-order valence-corrected chi connectivity index (χ0v) is 11.9. The van der Waals surface area contributed by atoms with Gasteiger partial charge in [-0.05, 0) is 12.5 Å². The van der Waals surface area contributed by atoms with E-state index in [9.17, 15) is 19.0 Å². The molecule has 0 aromatic rings. The lowest BCUT2D eigenvalue weighted by molar-refractivity contribution is -0.175. The predicted octanol–water partition coefficient (Wildman–Crippen LogP) is 1.04. The third kappa shape index (κ3) is 7.03. The average molecular weight is 321 g/mol. The van der Waals surface area contributed by atoms with E-state index >= 15 is 0 Å². The van der Waals surface area contributed by atoms with Crippen molar-refractivity contribution in [1.82, 2.24) is 0 Å². The van der Waals surface area contributed by atoms with Crippen LogP contribution in [0, 0.1) is 5.92 Å². The molecule has 1 heterocycles. The number of aliphatic carboxylic acids is 2. The number of carboxylic acid groups (broad SMARTS) is 2. The van der Waals surface area contributed by atoms with E-state index in [2.05, 4.69) is 9.67 Å². The highest BCUT2D eigenvalue weighted by Crippen LogP contribution is 2.45. The highest BCUT2D eigenvalue weighted by molar-refractivity contribution is 7.52. The number of hydrogen-bond acceptors (Lipinski definition) is 6. The molecule has 1 aliphatic heterocycles. The van der Waals surface area contributed by atoms with Crippen LogP contribution in [-0.4, -0.2) is 46.0 Å². The summed E-state index contributed by atoms with van der Waals surface area (Å²) in [7, 11) is -4.31. The Balaban J connectivity index is 2.51. The summed E-state index contributed by atoms with van der Waals surface area (Å²) >= 11 is 0. The van der Waals surface area contributed by atoms with Crippen LogP contribution in [0.15, 0.2) is 16.8 Å². The van der Waals surface area contributed by atoms with Crippen molar-refractivity contribution in [3.63, 3.8) is 0 Å². The molecule has 2 atom stereocenters. The van der Waals surface area contributed by atoms with E-state index in [0.29, 0.717) is 18.7 Å². The summed E-state index contributed by atoms with van der Waals surface area (Å²) in [5.74, 6) is -3.55. The molecular weight excluding hydrogens is 305 g/mol. The maximum absolute atomic E-state index is 11.8. The van der Waals surface area contributed by atoms with E-state index in [-0.39, 0.29) is 6.42 Å². The summed E-state index contributed by atoms with van der Waals surface area (Å²) in [4.78, 5) is 39.5. The molecule has 118 valence electrons. The van der Waals surface area contributed by atoms with E-state index in [0.717, 1.165) is 0 Å². The first kappa shape index (κ1) is 17.4. The van der Waals surface area contributed by atoms with Gasteiger partial charge in [-0.3, -0.25) is 19.1 Å². The van der Waals surface area contributed by atoms with Gasteiger partial charge in [-0.1, -0.05) is 0 Å². The quantitative estimate of drug-likeness (QED) is 0.325. The van der Waals surface area contributed by atoms with Crippen LogP contribution in [0.3, 0.4) is 0 Å². The van der Waals surface area contributed by atoms with E-state index in [4.69, 9.17) is 15.1 Å². The van der Waals surface area contributed by atoms with Crippen LogP contribution in [0.25, 0.3) is 0 Å². The zero-order chi connectivity index (χ0) is 15.9. The van der Waals surface area contributed by atoms with E-state index in [1.807, 2.05) is 0 Å². The van der Waals surface area contributed by atoms with Crippen molar-refractivity contribution in [2.75, 3.05) is 12.7 Å². The molecule has 9 nitrogen and oxygen atoms in total. The van der Waals surface area contributed by atoms with Gasteiger partial charge in [-0.15, -0.1) is 4.67 Å². The second-order valence-electron chi connectivity index (χ2n) is 4.37. The van der Waals surface area contributed by atoms with Crippen LogP contribution in [0.5, 0.6) is 0 Å². The first-order chi connectivity index (χ1) is 9.80. The van der Waals surface area contributed by atoms with Crippen LogP contribution >= 0.6 is 7.60 Å². The maximum Gasteiger partial charge on any atom is 0.367 e. The molecule has 3 N–H and O–H groups in total. The predicted molar refractivity (Wildman–Crippen MR) is 70.9 cm³/mol. The second kappa shape index (κ2) is 7.92. The fourth-order valence-electron chi connectivity index (χ4n) is 1.54. The summed E-state index contributed by atoms with van der Waals surface area (Å²) in [5.41, 5.74) is 0. The molecule has 0 radical (unpaired) electrons. The lowest BCUT2D eigenvalue weighted by Crippen LogP contribution is -2.20. The van der Waals surface area contributed by atoms with Crippen LogP contribution in [-0.2, 0) is 23.7 Å². The molecule has 0 fully saturated rings. The van der Waals surface area contributed by atoms with Crippen molar-refractivity contribution in [1.29, 1.82) is 0 Å². The minimum atomic E-state index is -4.31. The van der Waals surface area contributed by atoms with Gasteiger partial charge in [0.15, 0.2) is 0 Å². The number of allylic oxidation sites excluding steroid dienone is 1. The Morgan fingerprint density at radius 3 is 2.67 bits per heavy atom. The minimum absolute atomic E-state index is 0.270. The van der Waals surface area contributed by atoms with Gasteiger partial charge >= 0.3 is 19.5 Å². The number of dihydropyridines is 1. The van der Waals surface area contributed by atoms with Gasteiger partial charge in [-0.25, -0.2) is 0 Å². The third-order valence-corrected chi connectivity index (χ3v) is 3.82. The minimum Gasteiger partial charge on any atom is -0.481 e. The lowest BCUT2D eigenvalue weighted by Gasteiger charge is -2.16. The van der Waals surface area contributed by atoms with Gasteiger partial charge in [0.25, 0.3) is 0 Å². The van der Waals surface area contributed by atoms with Gasteiger partial charge < -0.3 is 20.0 Å². The SMILES string of the molecule is O=C(O)CCC(CP(=O)(O)OOC1=CCN=CC1)C(=O)O. The molecule has 0 aliphatic carbocycles. The maximum atomic E-state index is 11.8. The first-order valence-electron chi connectivity index (χ1n) is 6.10. The molecule has 0 saturated carbocycles. The van der Waals surface area contributed by atoms with Crippen LogP contribution in [0.4, 0.5) is 0 Å². The van der Waals surface area contributed by atoms with Gasteiger partial charge in [0.05, 0.1) is 18.6 Å². The summed E-state index contributed by atoms with van der Waals surface area (Å²) in [6, 6.07) is 0. The number of aliphatic imine (C=N–C) groups is 1. The smallest absolute Gasteiger partial charge is 0.367 e. The van der Waals surface area contributed by atoms with Gasteiger partial charge in [0.1, 0.15) is 5.76 Å². The third-order valence-electron chi connectivity index (χ3n) is 2.61. The molecule has 0 aromatic heterocycles. The first-order valence-corrected chi connectivity index (χ1v) is 7.86. The Kier molecular flexibility index (Phi) is 6.54. The van der Waals surface area contributed by atoms with Gasteiger partial charge in [-0.2, -0.15) is 0 Å². The molecule has 0 saturated heterocycles. The normalized spacial score (nSPS) is 18.4. The molecular formula is C11H16NO8P. The Morgan fingerprint density at radius 1 is 1.43 bits per heavy atom. The summed E-state index contributed by atoms with van der Waals surface area (Å²) in [5, 5.41) is 17.4. The zero-order valence-electron chi connectivity index (χ0n) is 11.0. The molecule has 0 aromatic carbocycles. The summed E-state index contributed by atoms with van der Waals surface area (Å²) in [6.07, 6.45) is 2.00. The van der Waals surface area contributed by atoms with Gasteiger partial charge in [0, 0.05) is 19.1 Å². The van der Waals surface area contributed by atoms with Crippen molar-refractivity contribution in [2.45, 2.75) is 19.3 Å². The molecule has 10 heteroatoms. The molecule has 0 spiro atoms. The number of carbonyl (C=O) groups is 2. The Bertz CT molecular complexity index is 500. The largest absolute Gasteiger partial charge is 0.481 e. The molecule has 1 rings (SSSR count). The number of hydrogen-bond donors (Lipinski definition) is 3. The topological polar surface area (TPSA) is 143 Å². The van der Waals surface area contributed by atoms with Crippen molar-refractivity contribution in [2.24, 2.45) is 10.9 Å². The monoisotopic (exact) mass is 321 g/mol. The fourth-order valence-corrected chi connectivity index (χ4v) is 2.71. The highest BCUT2D eigenvalue weighted by Gasteiger charge is 2.32. The van der Waals surface area contributed by atoms with E-state index < -0.39 is 38.0 Å². The van der Waals surface area contributed by atoms with Crippen LogP contribution in [0.2, 0.25) is 0 Å². The standard InChI is InChI=1S/C11H16NO8P/c13-10(14)2-1-8(11(15)16)7-21(17,18)20-19-9-3-5-12-6-4-9/h3,6,8H,1-2,4-5,7H2,(H,13,14)(H,15,16)(H,17,18). The molecule has 1 aliphatic rings. The van der Waals surface area contributed by atoms with E-state index in [1.165, 1.54) is 0 Å². The Labute approximate surface area is 120 Å². The average Bonchev–Trinajstić information content (AvgIpc) is 2.42. The summed E-state index contributed by atoms with van der Waals surface area (Å²) < 4.78 is 16.2. The molecule has 21 heavy (non-hydrogen) atoms. The van der Waals surface area contributed by atoms with Crippen molar-refractivity contribution >= 4 is 25.7 Å². The van der Waals surface area contributed by atoms with Gasteiger partial charge in [0.2, 0.25) is 0 Å². The lowest BCUT2D eigenvalue weighted by atomic mass is 10.1. The molecule has 2 unspecified atom stereocenters. The highest BCUT2D eigenvalue weighted by atomic mass is 31.2. The van der Waals surface area contributed by atoms with Crippen molar-refractivity contribution < 1.29 is 38.8 Å². The summed E-state index contributed by atoms with van der Waals surface area (Å²) in [6.45, 7) is 0.366. The molecule has 0 bridgehead atoms. The molecule has 0 amide bonds. The Hall–Kier alpha value is -1.70. The van der Waals surface area contributed by atoms with Crippen molar-refractivity contribution in [3.8, 4) is 0 Å².